The maximum atomic E-state index is 13.3. The summed E-state index contributed by atoms with van der Waals surface area (Å²) in [6.45, 7) is 1.17. The van der Waals surface area contributed by atoms with Gasteiger partial charge in [-0.3, -0.25) is 4.79 Å². The van der Waals surface area contributed by atoms with Gasteiger partial charge in [0.05, 0.1) is 25.0 Å². The number of halogens is 3. The van der Waals surface area contributed by atoms with E-state index in [1.165, 1.54) is 17.0 Å². The second-order valence-corrected chi connectivity index (χ2v) is 7.40. The fraction of sp³-hybridized carbons (Fsp3) is 0.450. The highest BCUT2D eigenvalue weighted by molar-refractivity contribution is 5.94. The van der Waals surface area contributed by atoms with Crippen molar-refractivity contribution >= 4 is 11.9 Å². The minimum atomic E-state index is -4.62. The summed E-state index contributed by atoms with van der Waals surface area (Å²) in [5, 5.41) is 0. The molecular formula is C20H21F3N4O3. The molecule has 2 N–H and O–H groups in total. The van der Waals surface area contributed by atoms with Gasteiger partial charge in [-0.25, -0.2) is 9.97 Å². The predicted molar refractivity (Wildman–Crippen MR) is 101 cm³/mol. The Hall–Kier alpha value is -2.88. The number of likely N-dealkylation sites (tertiary alicyclic amines) is 1. The van der Waals surface area contributed by atoms with Crippen LogP contribution >= 0.6 is 0 Å². The van der Waals surface area contributed by atoms with Crippen LogP contribution in [0.2, 0.25) is 0 Å². The van der Waals surface area contributed by atoms with E-state index in [-0.39, 0.29) is 17.3 Å². The normalized spacial score (nSPS) is 18.2. The van der Waals surface area contributed by atoms with Gasteiger partial charge < -0.3 is 20.1 Å². The summed E-state index contributed by atoms with van der Waals surface area (Å²) in [7, 11) is 1.16. The molecule has 2 aromatic rings. The van der Waals surface area contributed by atoms with E-state index in [1.807, 2.05) is 0 Å². The lowest BCUT2D eigenvalue weighted by atomic mass is 9.83. The molecule has 30 heavy (non-hydrogen) atoms. The third-order valence-electron chi connectivity index (χ3n) is 5.67. The molecule has 0 bridgehead atoms. The molecule has 2 aliphatic heterocycles. The van der Waals surface area contributed by atoms with E-state index in [4.69, 9.17) is 15.2 Å². The number of fused-ring (bicyclic) bond motifs is 2. The molecule has 4 rings (SSSR count). The van der Waals surface area contributed by atoms with E-state index in [2.05, 4.69) is 9.97 Å². The van der Waals surface area contributed by atoms with Gasteiger partial charge in [0.1, 0.15) is 11.4 Å². The number of benzene rings is 1. The summed E-state index contributed by atoms with van der Waals surface area (Å²) in [6, 6.07) is 3.36. The van der Waals surface area contributed by atoms with Gasteiger partial charge in [-0.2, -0.15) is 13.2 Å². The standard InChI is InChI=1S/C20H21F3N4O3/c1-29-15-3-2-12(10-14(15)20(21,22)23)17(28)27-7-5-19(6-8-27)16-13(4-9-30-19)11-25-18(24)26-16/h2-3,10-11H,4-9H2,1H3,(H2,24,25,26). The zero-order chi connectivity index (χ0) is 21.5. The van der Waals surface area contributed by atoms with E-state index in [0.29, 0.717) is 39.0 Å². The van der Waals surface area contributed by atoms with Crippen LogP contribution in [-0.4, -0.2) is 47.6 Å². The maximum absolute atomic E-state index is 13.3. The number of methoxy groups -OCH3 is 1. The Bertz CT molecular complexity index is 972. The third kappa shape index (κ3) is 3.55. The number of piperidine rings is 1. The van der Waals surface area contributed by atoms with Crippen molar-refractivity contribution in [3.63, 3.8) is 0 Å². The molecule has 3 heterocycles. The maximum Gasteiger partial charge on any atom is 0.419 e. The van der Waals surface area contributed by atoms with Crippen molar-refractivity contribution in [2.75, 3.05) is 32.5 Å². The number of nitrogens with two attached hydrogens (primary N) is 1. The van der Waals surface area contributed by atoms with Crippen LogP contribution < -0.4 is 10.5 Å². The summed E-state index contributed by atoms with van der Waals surface area (Å²) < 4.78 is 50.7. The van der Waals surface area contributed by atoms with Crippen LogP contribution in [0.3, 0.4) is 0 Å². The molecule has 1 fully saturated rings. The zero-order valence-electron chi connectivity index (χ0n) is 16.3. The monoisotopic (exact) mass is 422 g/mol. The van der Waals surface area contributed by atoms with Gasteiger partial charge in [0.25, 0.3) is 5.91 Å². The van der Waals surface area contributed by atoms with E-state index in [1.54, 1.807) is 6.20 Å². The Balaban J connectivity index is 1.55. The topological polar surface area (TPSA) is 90.6 Å². The van der Waals surface area contributed by atoms with Gasteiger partial charge in [-0.05, 0) is 43.0 Å². The number of amides is 1. The number of carbonyl (C=O) groups excluding carboxylic acids is 1. The molecule has 1 saturated heterocycles. The van der Waals surface area contributed by atoms with Crippen LogP contribution in [-0.2, 0) is 22.9 Å². The van der Waals surface area contributed by atoms with Gasteiger partial charge in [0.2, 0.25) is 5.95 Å². The number of alkyl halides is 3. The molecule has 0 radical (unpaired) electrons. The van der Waals surface area contributed by atoms with E-state index in [0.717, 1.165) is 24.4 Å². The van der Waals surface area contributed by atoms with Crippen molar-refractivity contribution in [2.24, 2.45) is 0 Å². The van der Waals surface area contributed by atoms with Crippen LogP contribution in [0.5, 0.6) is 5.75 Å². The lowest BCUT2D eigenvalue weighted by Crippen LogP contribution is -2.49. The summed E-state index contributed by atoms with van der Waals surface area (Å²) in [5.74, 6) is -0.618. The molecular weight excluding hydrogens is 401 g/mol. The zero-order valence-corrected chi connectivity index (χ0v) is 16.3. The fourth-order valence-corrected chi connectivity index (χ4v) is 4.12. The van der Waals surface area contributed by atoms with Crippen molar-refractivity contribution in [1.29, 1.82) is 0 Å². The van der Waals surface area contributed by atoms with Crippen molar-refractivity contribution in [1.82, 2.24) is 14.9 Å². The second-order valence-electron chi connectivity index (χ2n) is 7.40. The molecule has 1 aromatic heterocycles. The van der Waals surface area contributed by atoms with Crippen molar-refractivity contribution in [2.45, 2.75) is 31.0 Å². The molecule has 1 amide bonds. The number of carbonyl (C=O) groups is 1. The fourth-order valence-electron chi connectivity index (χ4n) is 4.12. The lowest BCUT2D eigenvalue weighted by molar-refractivity contribution is -0.138. The first-order chi connectivity index (χ1) is 14.2. The predicted octanol–water partition coefficient (Wildman–Crippen LogP) is 2.79. The SMILES string of the molecule is COc1ccc(C(=O)N2CCC3(CC2)OCCc2cnc(N)nc23)cc1C(F)(F)F. The molecule has 0 saturated carbocycles. The Kier molecular flexibility index (Phi) is 5.05. The largest absolute Gasteiger partial charge is 0.496 e. The third-order valence-corrected chi connectivity index (χ3v) is 5.67. The highest BCUT2D eigenvalue weighted by atomic mass is 19.4. The molecule has 10 heteroatoms. The number of nitrogen functional groups attached to an aromatic ring is 1. The number of aromatic nitrogens is 2. The van der Waals surface area contributed by atoms with Crippen molar-refractivity contribution in [3.05, 3.63) is 46.8 Å². The quantitative estimate of drug-likeness (QED) is 0.801. The minimum absolute atomic E-state index is 0.0318. The second kappa shape index (κ2) is 7.42. The Morgan fingerprint density at radius 2 is 2.03 bits per heavy atom. The number of nitrogens with zero attached hydrogens (tertiary/aromatic N) is 3. The average Bonchev–Trinajstić information content (AvgIpc) is 2.73. The number of rotatable bonds is 2. The number of ether oxygens (including phenoxy) is 2. The van der Waals surface area contributed by atoms with Gasteiger partial charge in [0, 0.05) is 24.8 Å². The number of anilines is 1. The summed E-state index contributed by atoms with van der Waals surface area (Å²) >= 11 is 0. The first-order valence-electron chi connectivity index (χ1n) is 9.54. The van der Waals surface area contributed by atoms with E-state index < -0.39 is 23.2 Å². The van der Waals surface area contributed by atoms with Gasteiger partial charge in [-0.1, -0.05) is 0 Å². The lowest BCUT2D eigenvalue weighted by Gasteiger charge is -2.44. The number of hydrogen-bond acceptors (Lipinski definition) is 6. The van der Waals surface area contributed by atoms with E-state index >= 15 is 0 Å². The first kappa shape index (κ1) is 20.4. The highest BCUT2D eigenvalue weighted by Crippen LogP contribution is 2.41. The number of hydrogen-bond donors (Lipinski definition) is 1. The van der Waals surface area contributed by atoms with Crippen molar-refractivity contribution in [3.8, 4) is 5.75 Å². The van der Waals surface area contributed by atoms with Crippen LogP contribution in [0.25, 0.3) is 0 Å². The summed E-state index contributed by atoms with van der Waals surface area (Å²) in [5.41, 5.74) is 5.81. The molecule has 160 valence electrons. The van der Waals surface area contributed by atoms with E-state index in [9.17, 15) is 18.0 Å². The van der Waals surface area contributed by atoms with Crippen LogP contribution in [0.1, 0.15) is 40.0 Å². The van der Waals surface area contributed by atoms with Gasteiger partial charge >= 0.3 is 6.18 Å². The van der Waals surface area contributed by atoms with Crippen LogP contribution in [0, 0.1) is 0 Å². The molecule has 0 atom stereocenters. The molecule has 0 unspecified atom stereocenters. The van der Waals surface area contributed by atoms with Crippen LogP contribution in [0.4, 0.5) is 19.1 Å². The minimum Gasteiger partial charge on any atom is -0.496 e. The highest BCUT2D eigenvalue weighted by Gasteiger charge is 2.43. The molecule has 1 aromatic carbocycles. The Morgan fingerprint density at radius 1 is 1.30 bits per heavy atom. The Labute approximate surface area is 171 Å². The average molecular weight is 422 g/mol. The molecule has 1 spiro atoms. The van der Waals surface area contributed by atoms with Crippen LogP contribution in [0.15, 0.2) is 24.4 Å². The first-order valence-corrected chi connectivity index (χ1v) is 9.54. The van der Waals surface area contributed by atoms with Gasteiger partial charge in [0.15, 0.2) is 0 Å². The van der Waals surface area contributed by atoms with Crippen molar-refractivity contribution < 1.29 is 27.4 Å². The van der Waals surface area contributed by atoms with Gasteiger partial charge in [-0.15, -0.1) is 0 Å². The molecule has 2 aliphatic rings. The Morgan fingerprint density at radius 3 is 2.70 bits per heavy atom. The smallest absolute Gasteiger partial charge is 0.419 e. The molecule has 0 aliphatic carbocycles. The molecule has 7 nitrogen and oxygen atoms in total. The summed E-state index contributed by atoms with van der Waals surface area (Å²) in [4.78, 5) is 22.8. The summed E-state index contributed by atoms with van der Waals surface area (Å²) in [6.07, 6.45) is -1.27.